The number of nitrogens with zero attached hydrogens (tertiary/aromatic N) is 5. The Balaban J connectivity index is 1.65. The Bertz CT molecular complexity index is 982. The highest BCUT2D eigenvalue weighted by Crippen LogP contribution is 2.20. The van der Waals surface area contributed by atoms with E-state index >= 15 is 0 Å². The van der Waals surface area contributed by atoms with Crippen molar-refractivity contribution in [2.75, 3.05) is 5.32 Å². The molecular formula is C17H16N6. The largest absolute Gasteiger partial charge is 0.324 e. The van der Waals surface area contributed by atoms with Gasteiger partial charge in [-0.05, 0) is 42.8 Å². The van der Waals surface area contributed by atoms with Gasteiger partial charge in [-0.15, -0.1) is 0 Å². The zero-order valence-corrected chi connectivity index (χ0v) is 12.9. The lowest BCUT2D eigenvalue weighted by molar-refractivity contribution is 0.797. The first-order chi connectivity index (χ1) is 11.2. The van der Waals surface area contributed by atoms with Crippen molar-refractivity contribution in [2.24, 2.45) is 7.05 Å². The van der Waals surface area contributed by atoms with Crippen LogP contribution < -0.4 is 5.32 Å². The molecule has 4 rings (SSSR count). The number of hydrogen-bond donors (Lipinski definition) is 1. The van der Waals surface area contributed by atoms with Gasteiger partial charge in [-0.3, -0.25) is 4.68 Å². The van der Waals surface area contributed by atoms with Crippen LogP contribution in [0.3, 0.4) is 0 Å². The smallest absolute Gasteiger partial charge is 0.229 e. The maximum absolute atomic E-state index is 4.56. The summed E-state index contributed by atoms with van der Waals surface area (Å²) in [6.07, 6.45) is 7.62. The normalized spacial score (nSPS) is 11.0. The monoisotopic (exact) mass is 304 g/mol. The summed E-state index contributed by atoms with van der Waals surface area (Å²) in [4.78, 5) is 8.85. The van der Waals surface area contributed by atoms with Crippen LogP contribution in [0.5, 0.6) is 0 Å². The summed E-state index contributed by atoms with van der Waals surface area (Å²) < 4.78 is 3.83. The molecule has 4 aromatic rings. The summed E-state index contributed by atoms with van der Waals surface area (Å²) in [5, 5.41) is 8.58. The van der Waals surface area contributed by atoms with Crippen molar-refractivity contribution in [1.29, 1.82) is 0 Å². The number of nitrogens with one attached hydrogen (secondary N) is 1. The summed E-state index contributed by atoms with van der Waals surface area (Å²) in [6.45, 7) is 2.06. The Morgan fingerprint density at radius 2 is 2.04 bits per heavy atom. The molecule has 114 valence electrons. The van der Waals surface area contributed by atoms with Crippen molar-refractivity contribution in [3.63, 3.8) is 0 Å². The molecule has 1 aromatic carbocycles. The van der Waals surface area contributed by atoms with Gasteiger partial charge in [-0.2, -0.15) is 10.1 Å². The Hall–Kier alpha value is -3.15. The van der Waals surface area contributed by atoms with Crippen LogP contribution in [0.25, 0.3) is 16.7 Å². The van der Waals surface area contributed by atoms with E-state index in [1.165, 1.54) is 5.56 Å². The van der Waals surface area contributed by atoms with E-state index in [1.54, 1.807) is 6.20 Å². The van der Waals surface area contributed by atoms with Crippen LogP contribution in [-0.2, 0) is 7.05 Å². The minimum Gasteiger partial charge on any atom is -0.324 e. The number of hydrogen-bond acceptors (Lipinski definition) is 4. The molecule has 6 heteroatoms. The van der Waals surface area contributed by atoms with Gasteiger partial charge in [0.15, 0.2) is 0 Å². The van der Waals surface area contributed by atoms with Gasteiger partial charge in [0.1, 0.15) is 5.82 Å². The number of aryl methyl sites for hydroxylation is 2. The number of rotatable bonds is 3. The number of aromatic nitrogens is 5. The number of anilines is 2. The molecule has 0 atom stereocenters. The quantitative estimate of drug-likeness (QED) is 0.631. The molecule has 0 aliphatic rings. The van der Waals surface area contributed by atoms with Crippen LogP contribution in [0, 0.1) is 6.92 Å². The molecule has 0 saturated carbocycles. The van der Waals surface area contributed by atoms with E-state index in [-0.39, 0.29) is 0 Å². The van der Waals surface area contributed by atoms with Gasteiger partial charge in [0.2, 0.25) is 5.95 Å². The summed E-state index contributed by atoms with van der Waals surface area (Å²) in [6, 6.07) is 10.0. The topological polar surface area (TPSA) is 60.6 Å². The summed E-state index contributed by atoms with van der Waals surface area (Å²) in [5.41, 5.74) is 3.22. The van der Waals surface area contributed by atoms with Crippen LogP contribution in [-0.4, -0.2) is 24.3 Å². The molecular weight excluding hydrogens is 288 g/mol. The molecule has 0 aliphatic heterocycles. The zero-order chi connectivity index (χ0) is 15.8. The third-order valence-electron chi connectivity index (χ3n) is 3.75. The fraction of sp³-hybridized carbons (Fsp3) is 0.118. The molecule has 6 nitrogen and oxygen atoms in total. The lowest BCUT2D eigenvalue weighted by Gasteiger charge is -2.07. The van der Waals surface area contributed by atoms with E-state index in [1.807, 2.05) is 65.2 Å². The van der Waals surface area contributed by atoms with Crippen molar-refractivity contribution in [3.05, 3.63) is 60.7 Å². The van der Waals surface area contributed by atoms with Gasteiger partial charge in [0.25, 0.3) is 0 Å². The second-order valence-corrected chi connectivity index (χ2v) is 5.50. The van der Waals surface area contributed by atoms with E-state index in [0.717, 1.165) is 22.4 Å². The van der Waals surface area contributed by atoms with E-state index in [0.29, 0.717) is 5.95 Å². The molecule has 0 radical (unpaired) electrons. The zero-order valence-electron chi connectivity index (χ0n) is 12.9. The van der Waals surface area contributed by atoms with E-state index in [2.05, 4.69) is 27.3 Å². The van der Waals surface area contributed by atoms with Gasteiger partial charge in [0, 0.05) is 36.7 Å². The first-order valence-electron chi connectivity index (χ1n) is 7.36. The lowest BCUT2D eigenvalue weighted by atomic mass is 10.2. The minimum absolute atomic E-state index is 0.567. The number of fused-ring (bicyclic) bond motifs is 1. The van der Waals surface area contributed by atoms with Crippen molar-refractivity contribution in [3.8, 4) is 5.82 Å². The molecule has 3 heterocycles. The molecule has 0 saturated heterocycles. The van der Waals surface area contributed by atoms with Crippen LogP contribution in [0.15, 0.2) is 55.1 Å². The predicted octanol–water partition coefficient (Wildman–Crippen LogP) is 3.21. The second-order valence-electron chi connectivity index (χ2n) is 5.50. The van der Waals surface area contributed by atoms with E-state index < -0.39 is 0 Å². The predicted molar refractivity (Wildman–Crippen MR) is 90.1 cm³/mol. The molecule has 0 bridgehead atoms. The van der Waals surface area contributed by atoms with Crippen molar-refractivity contribution in [1.82, 2.24) is 24.3 Å². The average Bonchev–Trinajstić information content (AvgIpc) is 3.14. The summed E-state index contributed by atoms with van der Waals surface area (Å²) in [7, 11) is 1.93. The van der Waals surface area contributed by atoms with Gasteiger partial charge in [-0.1, -0.05) is 0 Å². The van der Waals surface area contributed by atoms with Gasteiger partial charge in [0.05, 0.1) is 11.7 Å². The van der Waals surface area contributed by atoms with Crippen molar-refractivity contribution < 1.29 is 0 Å². The highest BCUT2D eigenvalue weighted by Gasteiger charge is 2.04. The Morgan fingerprint density at radius 1 is 1.13 bits per heavy atom. The van der Waals surface area contributed by atoms with Crippen LogP contribution >= 0.6 is 0 Å². The maximum Gasteiger partial charge on any atom is 0.229 e. The lowest BCUT2D eigenvalue weighted by Crippen LogP contribution is -2.01. The van der Waals surface area contributed by atoms with Gasteiger partial charge < -0.3 is 9.88 Å². The fourth-order valence-corrected chi connectivity index (χ4v) is 2.57. The highest BCUT2D eigenvalue weighted by atomic mass is 15.2. The fourth-order valence-electron chi connectivity index (χ4n) is 2.57. The minimum atomic E-state index is 0.567. The third kappa shape index (κ3) is 2.55. The molecule has 1 N–H and O–H groups in total. The Kier molecular flexibility index (Phi) is 3.08. The third-order valence-corrected chi connectivity index (χ3v) is 3.75. The van der Waals surface area contributed by atoms with Gasteiger partial charge >= 0.3 is 0 Å². The highest BCUT2D eigenvalue weighted by molar-refractivity contribution is 5.83. The van der Waals surface area contributed by atoms with Crippen LogP contribution in [0.4, 0.5) is 11.6 Å². The molecule has 3 aromatic heterocycles. The average molecular weight is 304 g/mol. The first kappa shape index (κ1) is 13.5. The van der Waals surface area contributed by atoms with E-state index in [9.17, 15) is 0 Å². The second kappa shape index (κ2) is 5.24. The Labute approximate surface area is 133 Å². The summed E-state index contributed by atoms with van der Waals surface area (Å²) in [5.74, 6) is 1.40. The maximum atomic E-state index is 4.56. The first-order valence-corrected chi connectivity index (χ1v) is 7.36. The molecule has 0 spiro atoms. The van der Waals surface area contributed by atoms with Crippen LogP contribution in [0.2, 0.25) is 0 Å². The van der Waals surface area contributed by atoms with Crippen LogP contribution in [0.1, 0.15) is 5.56 Å². The summed E-state index contributed by atoms with van der Waals surface area (Å²) >= 11 is 0. The molecule has 23 heavy (non-hydrogen) atoms. The van der Waals surface area contributed by atoms with Crippen molar-refractivity contribution >= 4 is 22.5 Å². The molecule has 0 amide bonds. The van der Waals surface area contributed by atoms with Crippen molar-refractivity contribution in [2.45, 2.75) is 6.92 Å². The van der Waals surface area contributed by atoms with E-state index in [4.69, 9.17) is 0 Å². The molecule has 0 unspecified atom stereocenters. The molecule has 0 aliphatic carbocycles. The standard InChI is InChI=1S/C17H16N6/c1-12-6-8-23(11-12)16-5-7-18-17(21-16)20-14-3-4-15-13(9-14)10-19-22(15)2/h3-11H,1-2H3,(H,18,20,21). The van der Waals surface area contributed by atoms with Gasteiger partial charge in [-0.25, -0.2) is 4.98 Å². The SMILES string of the molecule is Cc1ccn(-c2ccnc(Nc3ccc4c(cnn4C)c3)n2)c1. The number of benzene rings is 1. The molecule has 0 fully saturated rings. The Morgan fingerprint density at radius 3 is 2.87 bits per heavy atom.